The molecule has 0 saturated heterocycles. The number of rotatable bonds is 3. The van der Waals surface area contributed by atoms with Crippen LogP contribution >= 0.6 is 0 Å². The van der Waals surface area contributed by atoms with Crippen LogP contribution in [0.15, 0.2) is 18.2 Å². The molecule has 0 spiro atoms. The lowest BCUT2D eigenvalue weighted by Gasteiger charge is -2.01. The monoisotopic (exact) mass is 208 g/mol. The Bertz CT molecular complexity index is 352. The Morgan fingerprint density at radius 3 is 2.27 bits per heavy atom. The van der Waals surface area contributed by atoms with Crippen LogP contribution < -0.4 is 0 Å². The van der Waals surface area contributed by atoms with Crippen molar-refractivity contribution in [2.45, 2.75) is 32.6 Å². The molecular formula is C13H14F2. The minimum Gasteiger partial charge on any atom is -0.207 e. The lowest BCUT2D eigenvalue weighted by atomic mass is 10.1. The van der Waals surface area contributed by atoms with Crippen LogP contribution in [0, 0.1) is 23.5 Å². The standard InChI is InChI=1S/C13H14F2/c1-2-3-4-5-6-8-11-12(14)9-7-10-13(11)15/h7,9-10H,2-3,6,8H2,1H3. The molecule has 0 atom stereocenters. The van der Waals surface area contributed by atoms with E-state index in [2.05, 4.69) is 11.8 Å². The van der Waals surface area contributed by atoms with Crippen molar-refractivity contribution >= 4 is 0 Å². The number of halogens is 2. The van der Waals surface area contributed by atoms with Gasteiger partial charge in [0.05, 0.1) is 0 Å². The van der Waals surface area contributed by atoms with E-state index in [-0.39, 0.29) is 5.56 Å². The first-order valence-corrected chi connectivity index (χ1v) is 5.14. The third kappa shape index (κ3) is 3.71. The summed E-state index contributed by atoms with van der Waals surface area (Å²) >= 11 is 0. The summed E-state index contributed by atoms with van der Waals surface area (Å²) in [6.45, 7) is 2.05. The summed E-state index contributed by atoms with van der Waals surface area (Å²) in [5.74, 6) is 4.90. The molecule has 1 aromatic carbocycles. The predicted octanol–water partition coefficient (Wildman–Crippen LogP) is 3.70. The normalized spacial score (nSPS) is 9.53. The van der Waals surface area contributed by atoms with Gasteiger partial charge in [0.1, 0.15) is 11.6 Å². The van der Waals surface area contributed by atoms with Crippen molar-refractivity contribution in [1.29, 1.82) is 0 Å². The molecule has 1 aromatic rings. The molecule has 0 aliphatic heterocycles. The zero-order valence-corrected chi connectivity index (χ0v) is 8.82. The Balaban J connectivity index is 2.55. The Labute approximate surface area is 89.3 Å². The second kappa shape index (κ2) is 6.19. The van der Waals surface area contributed by atoms with Crippen molar-refractivity contribution < 1.29 is 8.78 Å². The van der Waals surface area contributed by atoms with E-state index < -0.39 is 11.6 Å². The van der Waals surface area contributed by atoms with Crippen molar-refractivity contribution in [3.8, 4) is 11.8 Å². The van der Waals surface area contributed by atoms with Crippen molar-refractivity contribution in [1.82, 2.24) is 0 Å². The second-order valence-electron chi connectivity index (χ2n) is 3.30. The molecule has 0 saturated carbocycles. The van der Waals surface area contributed by atoms with Gasteiger partial charge in [-0.15, -0.1) is 11.8 Å². The third-order valence-electron chi connectivity index (χ3n) is 2.06. The van der Waals surface area contributed by atoms with E-state index in [0.717, 1.165) is 12.8 Å². The summed E-state index contributed by atoms with van der Waals surface area (Å²) in [6, 6.07) is 3.92. The minimum absolute atomic E-state index is 0.142. The van der Waals surface area contributed by atoms with Crippen LogP contribution in [0.2, 0.25) is 0 Å². The fourth-order valence-electron chi connectivity index (χ4n) is 1.26. The van der Waals surface area contributed by atoms with E-state index in [1.54, 1.807) is 0 Å². The Morgan fingerprint density at radius 2 is 1.67 bits per heavy atom. The maximum absolute atomic E-state index is 13.1. The van der Waals surface area contributed by atoms with Crippen LogP contribution in [-0.4, -0.2) is 0 Å². The fraction of sp³-hybridized carbons (Fsp3) is 0.385. The number of benzene rings is 1. The second-order valence-corrected chi connectivity index (χ2v) is 3.30. The van der Waals surface area contributed by atoms with Crippen molar-refractivity contribution in [3.63, 3.8) is 0 Å². The minimum atomic E-state index is -0.479. The molecule has 1 rings (SSSR count). The summed E-state index contributed by atoms with van der Waals surface area (Å²) in [5, 5.41) is 0. The zero-order chi connectivity index (χ0) is 11.1. The van der Waals surface area contributed by atoms with E-state index in [4.69, 9.17) is 0 Å². The SMILES string of the molecule is CCCC#CCCc1c(F)cccc1F. The van der Waals surface area contributed by atoms with Gasteiger partial charge in [-0.1, -0.05) is 13.0 Å². The molecule has 0 amide bonds. The zero-order valence-electron chi connectivity index (χ0n) is 8.82. The summed E-state index contributed by atoms with van der Waals surface area (Å²) < 4.78 is 26.3. The van der Waals surface area contributed by atoms with Gasteiger partial charge in [-0.25, -0.2) is 8.78 Å². The molecule has 0 nitrogen and oxygen atoms in total. The molecule has 0 N–H and O–H groups in total. The first-order valence-electron chi connectivity index (χ1n) is 5.14. The molecule has 15 heavy (non-hydrogen) atoms. The number of hydrogen-bond acceptors (Lipinski definition) is 0. The lowest BCUT2D eigenvalue weighted by Crippen LogP contribution is -1.94. The fourth-order valence-corrected chi connectivity index (χ4v) is 1.26. The molecule has 0 bridgehead atoms. The Kier molecular flexibility index (Phi) is 4.83. The van der Waals surface area contributed by atoms with Crippen LogP contribution in [0.5, 0.6) is 0 Å². The van der Waals surface area contributed by atoms with Crippen molar-refractivity contribution in [2.75, 3.05) is 0 Å². The van der Waals surface area contributed by atoms with Crippen LogP contribution in [0.25, 0.3) is 0 Å². The first kappa shape index (κ1) is 11.7. The Morgan fingerprint density at radius 1 is 1.07 bits per heavy atom. The van der Waals surface area contributed by atoms with Gasteiger partial charge < -0.3 is 0 Å². The molecule has 0 aliphatic rings. The highest BCUT2D eigenvalue weighted by molar-refractivity contribution is 5.20. The average molecular weight is 208 g/mol. The largest absolute Gasteiger partial charge is 0.207 e. The summed E-state index contributed by atoms with van der Waals surface area (Å²) in [6.07, 6.45) is 2.72. The van der Waals surface area contributed by atoms with Gasteiger partial charge in [-0.2, -0.15) is 0 Å². The van der Waals surface area contributed by atoms with Crippen LogP contribution in [0.4, 0.5) is 8.78 Å². The summed E-state index contributed by atoms with van der Waals surface area (Å²) in [5.41, 5.74) is 0.142. The van der Waals surface area contributed by atoms with Crippen LogP contribution in [0.3, 0.4) is 0 Å². The molecule has 0 unspecified atom stereocenters. The van der Waals surface area contributed by atoms with Gasteiger partial charge in [-0.05, 0) is 25.0 Å². The van der Waals surface area contributed by atoms with Gasteiger partial charge in [0.2, 0.25) is 0 Å². The first-order chi connectivity index (χ1) is 7.25. The highest BCUT2D eigenvalue weighted by Gasteiger charge is 2.06. The molecule has 80 valence electrons. The van der Waals surface area contributed by atoms with Crippen molar-refractivity contribution in [2.24, 2.45) is 0 Å². The van der Waals surface area contributed by atoms with Crippen LogP contribution in [-0.2, 0) is 6.42 Å². The van der Waals surface area contributed by atoms with Crippen LogP contribution in [0.1, 0.15) is 31.7 Å². The summed E-state index contributed by atoms with van der Waals surface area (Å²) in [4.78, 5) is 0. The van der Waals surface area contributed by atoms with Gasteiger partial charge in [0, 0.05) is 18.4 Å². The summed E-state index contributed by atoms with van der Waals surface area (Å²) in [7, 11) is 0. The molecule has 2 heteroatoms. The number of hydrogen-bond donors (Lipinski definition) is 0. The molecule has 0 aliphatic carbocycles. The highest BCUT2D eigenvalue weighted by Crippen LogP contribution is 2.13. The Hall–Kier alpha value is -1.36. The molecular weight excluding hydrogens is 194 g/mol. The van der Waals surface area contributed by atoms with Gasteiger partial charge in [-0.3, -0.25) is 0 Å². The maximum atomic E-state index is 13.1. The molecule has 0 aromatic heterocycles. The maximum Gasteiger partial charge on any atom is 0.129 e. The average Bonchev–Trinajstić information content (AvgIpc) is 2.21. The van der Waals surface area contributed by atoms with E-state index >= 15 is 0 Å². The third-order valence-corrected chi connectivity index (χ3v) is 2.06. The molecule has 0 fully saturated rings. The smallest absolute Gasteiger partial charge is 0.129 e. The molecule has 0 heterocycles. The van der Waals surface area contributed by atoms with Gasteiger partial charge in [0.25, 0.3) is 0 Å². The predicted molar refractivity (Wildman–Crippen MR) is 57.4 cm³/mol. The van der Waals surface area contributed by atoms with E-state index in [9.17, 15) is 8.78 Å². The van der Waals surface area contributed by atoms with Gasteiger partial charge in [0.15, 0.2) is 0 Å². The highest BCUT2D eigenvalue weighted by atomic mass is 19.1. The van der Waals surface area contributed by atoms with E-state index in [1.165, 1.54) is 18.2 Å². The molecule has 0 radical (unpaired) electrons. The van der Waals surface area contributed by atoms with E-state index in [1.807, 2.05) is 6.92 Å². The van der Waals surface area contributed by atoms with Crippen molar-refractivity contribution in [3.05, 3.63) is 35.4 Å². The van der Waals surface area contributed by atoms with E-state index in [0.29, 0.717) is 12.8 Å². The topological polar surface area (TPSA) is 0 Å². The quantitative estimate of drug-likeness (QED) is 0.664. The lowest BCUT2D eigenvalue weighted by molar-refractivity contribution is 0.556. The van der Waals surface area contributed by atoms with Gasteiger partial charge >= 0.3 is 0 Å². The number of unbranched alkanes of at least 4 members (excludes halogenated alkanes) is 1.